The Kier molecular flexibility index (Phi) is 22.6. The van der Waals surface area contributed by atoms with E-state index in [0.29, 0.717) is 6.61 Å². The van der Waals surface area contributed by atoms with E-state index >= 15 is 0 Å². The Morgan fingerprint density at radius 1 is 0.405 bits per heavy atom. The van der Waals surface area contributed by atoms with Gasteiger partial charge < -0.3 is 0 Å². The summed E-state index contributed by atoms with van der Waals surface area (Å²) < 4.78 is 19.9. The van der Waals surface area contributed by atoms with Gasteiger partial charge in [-0.05, 0) is 43.5 Å². The van der Waals surface area contributed by atoms with Gasteiger partial charge in [0.25, 0.3) is 0 Å². The van der Waals surface area contributed by atoms with Crippen LogP contribution in [0.25, 0.3) is 0 Å². The molecule has 0 atom stereocenters. The standard InChI is InChI=1S/C38H64O3P/c1-3-5-7-9-11-12-13-14-15-16-17-18-19-20-22-30-36-42(40-37-31-25-23-26-32-37,41-38-33-27-24-28-34-38)39-35-29-21-10-8-6-4-2/h23-28,31-34H,3-22,29-30,35-36H2,1-2H3/q+1. The maximum Gasteiger partial charge on any atom is 0.497 e. The fraction of sp³-hybridized carbons (Fsp3) is 0.684. The van der Waals surface area contributed by atoms with Crippen molar-refractivity contribution >= 4 is 7.94 Å². The molecule has 0 aliphatic heterocycles. The zero-order chi connectivity index (χ0) is 29.8. The number of para-hydroxylation sites is 2. The highest BCUT2D eigenvalue weighted by Crippen LogP contribution is 2.61. The Morgan fingerprint density at radius 3 is 1.12 bits per heavy atom. The van der Waals surface area contributed by atoms with Crippen molar-refractivity contribution in [2.45, 2.75) is 155 Å². The molecule has 0 aliphatic rings. The van der Waals surface area contributed by atoms with Crippen LogP contribution in [0.15, 0.2) is 60.7 Å². The van der Waals surface area contributed by atoms with Gasteiger partial charge in [0.2, 0.25) is 0 Å². The summed E-state index contributed by atoms with van der Waals surface area (Å²) in [6.07, 6.45) is 30.2. The number of hydrogen-bond donors (Lipinski definition) is 0. The summed E-state index contributed by atoms with van der Waals surface area (Å²) in [5.41, 5.74) is 0. The monoisotopic (exact) mass is 599 g/mol. The van der Waals surface area contributed by atoms with E-state index in [1.807, 2.05) is 60.7 Å². The second-order valence-electron chi connectivity index (χ2n) is 12.0. The first-order valence-corrected chi connectivity index (χ1v) is 19.5. The third-order valence-corrected chi connectivity index (χ3v) is 10.5. The van der Waals surface area contributed by atoms with E-state index in [2.05, 4.69) is 13.8 Å². The number of unbranched alkanes of at least 4 members (excludes halogenated alkanes) is 20. The lowest BCUT2D eigenvalue weighted by Crippen LogP contribution is -2.17. The third-order valence-electron chi connectivity index (χ3n) is 8.05. The van der Waals surface area contributed by atoms with E-state index in [0.717, 1.165) is 30.5 Å². The summed E-state index contributed by atoms with van der Waals surface area (Å²) in [6.45, 7) is 5.25. The van der Waals surface area contributed by atoms with Crippen molar-refractivity contribution in [2.75, 3.05) is 12.8 Å². The maximum atomic E-state index is 6.64. The largest absolute Gasteiger partial charge is 0.497 e. The van der Waals surface area contributed by atoms with Gasteiger partial charge in [0.05, 0.1) is 6.61 Å². The van der Waals surface area contributed by atoms with Crippen LogP contribution < -0.4 is 9.05 Å². The van der Waals surface area contributed by atoms with Crippen molar-refractivity contribution in [3.05, 3.63) is 60.7 Å². The summed E-state index contributed by atoms with van der Waals surface area (Å²) in [7, 11) is -2.59. The van der Waals surface area contributed by atoms with Gasteiger partial charge in [-0.2, -0.15) is 4.52 Å². The summed E-state index contributed by atoms with van der Waals surface area (Å²) in [4.78, 5) is 0. The Bertz CT molecular complexity index is 787. The zero-order valence-electron chi connectivity index (χ0n) is 27.4. The molecule has 0 amide bonds. The molecule has 0 unspecified atom stereocenters. The highest BCUT2D eigenvalue weighted by molar-refractivity contribution is 7.62. The van der Waals surface area contributed by atoms with Gasteiger partial charge in [-0.3, -0.25) is 9.05 Å². The molecule has 0 spiro atoms. The molecule has 0 saturated heterocycles. The predicted octanol–water partition coefficient (Wildman–Crippen LogP) is 13.5. The molecule has 42 heavy (non-hydrogen) atoms. The highest BCUT2D eigenvalue weighted by Gasteiger charge is 2.47. The van der Waals surface area contributed by atoms with Crippen LogP contribution in [0.5, 0.6) is 11.5 Å². The lowest BCUT2D eigenvalue weighted by atomic mass is 10.0. The summed E-state index contributed by atoms with van der Waals surface area (Å²) >= 11 is 0. The molecule has 3 nitrogen and oxygen atoms in total. The maximum absolute atomic E-state index is 6.64. The van der Waals surface area contributed by atoms with Crippen molar-refractivity contribution < 1.29 is 13.6 Å². The quantitative estimate of drug-likeness (QED) is 0.0687. The molecule has 4 heteroatoms. The van der Waals surface area contributed by atoms with E-state index in [1.165, 1.54) is 128 Å². The molecular weight excluding hydrogens is 535 g/mol. The molecule has 0 aromatic heterocycles. The Hall–Kier alpha value is -1.57. The summed E-state index contributed by atoms with van der Waals surface area (Å²) in [5, 5.41) is 0. The van der Waals surface area contributed by atoms with Gasteiger partial charge in [-0.15, -0.1) is 0 Å². The van der Waals surface area contributed by atoms with E-state index < -0.39 is 7.94 Å². The minimum Gasteiger partial charge on any atom is -0.278 e. The van der Waals surface area contributed by atoms with Crippen LogP contribution in [0.4, 0.5) is 0 Å². The molecule has 0 N–H and O–H groups in total. The first-order chi connectivity index (χ1) is 20.8. The predicted molar refractivity (Wildman–Crippen MR) is 185 cm³/mol. The van der Waals surface area contributed by atoms with Gasteiger partial charge in [0, 0.05) is 0 Å². The fourth-order valence-electron chi connectivity index (χ4n) is 5.45. The van der Waals surface area contributed by atoms with Crippen molar-refractivity contribution in [1.29, 1.82) is 0 Å². The van der Waals surface area contributed by atoms with Crippen molar-refractivity contribution in [1.82, 2.24) is 0 Å². The van der Waals surface area contributed by atoms with Crippen LogP contribution >= 0.6 is 7.94 Å². The molecular formula is C38H64O3P+. The Morgan fingerprint density at radius 2 is 0.738 bits per heavy atom. The molecule has 0 heterocycles. The van der Waals surface area contributed by atoms with Crippen LogP contribution in [-0.4, -0.2) is 12.8 Å². The molecule has 2 rings (SSSR count). The topological polar surface area (TPSA) is 27.7 Å². The van der Waals surface area contributed by atoms with Gasteiger partial charge in [0.1, 0.15) is 0 Å². The molecule has 2 aromatic rings. The minimum absolute atomic E-state index is 0.693. The van der Waals surface area contributed by atoms with Crippen molar-refractivity contribution in [3.63, 3.8) is 0 Å². The van der Waals surface area contributed by atoms with Crippen LogP contribution in [0.2, 0.25) is 0 Å². The Labute approximate surface area is 261 Å². The number of hydrogen-bond acceptors (Lipinski definition) is 3. The van der Waals surface area contributed by atoms with Crippen molar-refractivity contribution in [2.24, 2.45) is 0 Å². The lowest BCUT2D eigenvalue weighted by molar-refractivity contribution is 0.234. The molecule has 0 bridgehead atoms. The van der Waals surface area contributed by atoms with E-state index in [9.17, 15) is 0 Å². The van der Waals surface area contributed by atoms with Gasteiger partial charge in [0.15, 0.2) is 17.7 Å². The van der Waals surface area contributed by atoms with Gasteiger partial charge in [-0.1, -0.05) is 172 Å². The van der Waals surface area contributed by atoms with Crippen LogP contribution in [0.3, 0.4) is 0 Å². The van der Waals surface area contributed by atoms with Crippen LogP contribution in [0.1, 0.15) is 155 Å². The normalized spacial score (nSPS) is 11.6. The Balaban J connectivity index is 1.74. The van der Waals surface area contributed by atoms with Crippen LogP contribution in [-0.2, 0) is 4.52 Å². The summed E-state index contributed by atoms with van der Waals surface area (Å²) in [5.74, 6) is 1.67. The third kappa shape index (κ3) is 18.9. The molecule has 2 aromatic carbocycles. The first kappa shape index (κ1) is 36.6. The van der Waals surface area contributed by atoms with E-state index in [-0.39, 0.29) is 0 Å². The van der Waals surface area contributed by atoms with E-state index in [4.69, 9.17) is 13.6 Å². The van der Waals surface area contributed by atoms with Gasteiger partial charge >= 0.3 is 7.94 Å². The average Bonchev–Trinajstić information content (AvgIpc) is 3.01. The molecule has 0 saturated carbocycles. The smallest absolute Gasteiger partial charge is 0.278 e. The zero-order valence-corrected chi connectivity index (χ0v) is 28.3. The average molecular weight is 600 g/mol. The number of rotatable bonds is 29. The SMILES string of the molecule is CCCCCCCCCCCCCCCCCC[P+](OCCCCCCCC)(Oc1ccccc1)Oc1ccccc1. The summed E-state index contributed by atoms with van der Waals surface area (Å²) in [6, 6.07) is 20.2. The van der Waals surface area contributed by atoms with Crippen LogP contribution in [0, 0.1) is 0 Å². The molecule has 238 valence electrons. The second kappa shape index (κ2) is 25.9. The minimum atomic E-state index is -2.59. The number of benzene rings is 2. The fourth-order valence-corrected chi connectivity index (χ4v) is 7.81. The molecule has 0 radical (unpaired) electrons. The molecule has 0 fully saturated rings. The molecule has 0 aliphatic carbocycles. The van der Waals surface area contributed by atoms with Crippen molar-refractivity contribution in [3.8, 4) is 11.5 Å². The lowest BCUT2D eigenvalue weighted by Gasteiger charge is -2.23. The van der Waals surface area contributed by atoms with Gasteiger partial charge in [-0.25, -0.2) is 0 Å². The van der Waals surface area contributed by atoms with E-state index in [1.54, 1.807) is 0 Å². The second-order valence-corrected chi connectivity index (χ2v) is 14.3. The first-order valence-electron chi connectivity index (χ1n) is 17.8. The highest BCUT2D eigenvalue weighted by atomic mass is 31.2.